The fourth-order valence-electron chi connectivity index (χ4n) is 2.98. The summed E-state index contributed by atoms with van der Waals surface area (Å²) in [6.07, 6.45) is 1.90. The van der Waals surface area contributed by atoms with Gasteiger partial charge in [-0.2, -0.15) is 0 Å². The van der Waals surface area contributed by atoms with Crippen LogP contribution in [0.2, 0.25) is 5.02 Å². The Hall–Kier alpha value is -1.82. The highest BCUT2D eigenvalue weighted by Gasteiger charge is 2.30. The first-order chi connectivity index (χ1) is 12.6. The number of halogens is 2. The smallest absolute Gasteiger partial charge is 0.408 e. The van der Waals surface area contributed by atoms with Crippen LogP contribution >= 0.6 is 11.6 Å². The first-order valence-electron chi connectivity index (χ1n) is 9.24. The second-order valence-corrected chi connectivity index (χ2v) is 8.17. The zero-order valence-corrected chi connectivity index (χ0v) is 17.0. The van der Waals surface area contributed by atoms with E-state index >= 15 is 4.39 Å². The number of esters is 1. The summed E-state index contributed by atoms with van der Waals surface area (Å²) in [6.45, 7) is 7.05. The molecule has 1 atom stereocenters. The zero-order valence-electron chi connectivity index (χ0n) is 16.2. The summed E-state index contributed by atoms with van der Waals surface area (Å²) >= 11 is 6.21. The van der Waals surface area contributed by atoms with Gasteiger partial charge in [0.2, 0.25) is 0 Å². The molecule has 0 heterocycles. The van der Waals surface area contributed by atoms with Crippen LogP contribution in [0.3, 0.4) is 0 Å². The monoisotopic (exact) mass is 399 g/mol. The SMILES string of the molecule is CCOC(=O)C[C@H](NC(=O)OC(C)(C)C)c1cc(Cl)cc(C2CCC2)c1F. The van der Waals surface area contributed by atoms with Gasteiger partial charge in [0.05, 0.1) is 19.1 Å². The Bertz CT molecular complexity index is 698. The maximum atomic E-state index is 15.2. The Balaban J connectivity index is 2.32. The van der Waals surface area contributed by atoms with Crippen LogP contribution in [0, 0.1) is 5.82 Å². The molecule has 0 saturated heterocycles. The van der Waals surface area contributed by atoms with E-state index in [1.54, 1.807) is 33.8 Å². The molecule has 2 rings (SSSR count). The average Bonchev–Trinajstić information content (AvgIpc) is 2.46. The minimum Gasteiger partial charge on any atom is -0.466 e. The third-order valence-electron chi connectivity index (χ3n) is 4.38. The van der Waals surface area contributed by atoms with Gasteiger partial charge in [0.25, 0.3) is 0 Å². The van der Waals surface area contributed by atoms with Gasteiger partial charge in [0, 0.05) is 10.6 Å². The van der Waals surface area contributed by atoms with Gasteiger partial charge >= 0.3 is 12.1 Å². The Labute approximate surface area is 164 Å². The summed E-state index contributed by atoms with van der Waals surface area (Å²) in [5.74, 6) is -0.857. The second-order valence-electron chi connectivity index (χ2n) is 7.73. The average molecular weight is 400 g/mol. The van der Waals surface area contributed by atoms with E-state index in [0.717, 1.165) is 19.3 Å². The molecule has 150 valence electrons. The molecule has 0 radical (unpaired) electrons. The predicted octanol–water partition coefficient (Wildman–Crippen LogP) is 5.27. The predicted molar refractivity (Wildman–Crippen MR) is 101 cm³/mol. The van der Waals surface area contributed by atoms with Crippen molar-refractivity contribution in [3.63, 3.8) is 0 Å². The number of alkyl carbamates (subject to hydrolysis) is 1. The van der Waals surface area contributed by atoms with E-state index in [-0.39, 0.29) is 24.5 Å². The lowest BCUT2D eigenvalue weighted by Gasteiger charge is -2.29. The minimum absolute atomic E-state index is 0.118. The highest BCUT2D eigenvalue weighted by Crippen LogP contribution is 2.40. The normalized spacial score (nSPS) is 15.6. The number of amides is 1. The van der Waals surface area contributed by atoms with Crippen molar-refractivity contribution in [2.45, 2.75) is 70.9 Å². The van der Waals surface area contributed by atoms with E-state index in [0.29, 0.717) is 10.6 Å². The van der Waals surface area contributed by atoms with Crippen LogP contribution in [0.25, 0.3) is 0 Å². The summed E-state index contributed by atoms with van der Waals surface area (Å²) in [5, 5.41) is 2.96. The Morgan fingerprint density at radius 3 is 2.52 bits per heavy atom. The van der Waals surface area contributed by atoms with Crippen molar-refractivity contribution in [1.29, 1.82) is 0 Å². The van der Waals surface area contributed by atoms with Gasteiger partial charge in [-0.15, -0.1) is 0 Å². The summed E-state index contributed by atoms with van der Waals surface area (Å²) in [7, 11) is 0. The van der Waals surface area contributed by atoms with Gasteiger partial charge in [0.15, 0.2) is 0 Å². The number of ether oxygens (including phenoxy) is 2. The number of rotatable bonds is 6. The Morgan fingerprint density at radius 2 is 2.00 bits per heavy atom. The number of nitrogens with one attached hydrogen (secondary N) is 1. The third-order valence-corrected chi connectivity index (χ3v) is 4.60. The van der Waals surface area contributed by atoms with Crippen LogP contribution in [0.5, 0.6) is 0 Å². The van der Waals surface area contributed by atoms with E-state index in [1.807, 2.05) is 0 Å². The molecule has 1 fully saturated rings. The minimum atomic E-state index is -0.934. The lowest BCUT2D eigenvalue weighted by atomic mass is 9.79. The quantitative estimate of drug-likeness (QED) is 0.662. The van der Waals surface area contributed by atoms with Gasteiger partial charge < -0.3 is 14.8 Å². The van der Waals surface area contributed by atoms with E-state index < -0.39 is 29.5 Å². The lowest BCUT2D eigenvalue weighted by molar-refractivity contribution is -0.143. The van der Waals surface area contributed by atoms with Crippen LogP contribution in [0.4, 0.5) is 9.18 Å². The van der Waals surface area contributed by atoms with Crippen LogP contribution in [-0.4, -0.2) is 24.3 Å². The molecule has 5 nitrogen and oxygen atoms in total. The summed E-state index contributed by atoms with van der Waals surface area (Å²) < 4.78 is 25.4. The molecule has 1 aliphatic rings. The van der Waals surface area contributed by atoms with E-state index in [1.165, 1.54) is 6.07 Å². The molecular weight excluding hydrogens is 373 g/mol. The molecular formula is C20H27ClFNO4. The Morgan fingerprint density at radius 1 is 1.33 bits per heavy atom. The number of carbonyl (C=O) groups is 2. The van der Waals surface area contributed by atoms with Gasteiger partial charge in [-0.25, -0.2) is 9.18 Å². The van der Waals surface area contributed by atoms with Crippen molar-refractivity contribution in [1.82, 2.24) is 5.32 Å². The fourth-order valence-corrected chi connectivity index (χ4v) is 3.21. The highest BCUT2D eigenvalue weighted by molar-refractivity contribution is 6.30. The number of benzene rings is 1. The topological polar surface area (TPSA) is 64.6 Å². The first-order valence-corrected chi connectivity index (χ1v) is 9.62. The molecule has 1 aromatic carbocycles. The molecule has 0 unspecified atom stereocenters. The summed E-state index contributed by atoms with van der Waals surface area (Å²) in [5.41, 5.74) is -0.0189. The zero-order chi connectivity index (χ0) is 20.2. The third kappa shape index (κ3) is 6.09. The summed E-state index contributed by atoms with van der Waals surface area (Å²) in [4.78, 5) is 24.2. The van der Waals surface area contributed by atoms with Gasteiger partial charge in [-0.3, -0.25) is 4.79 Å². The van der Waals surface area contributed by atoms with Gasteiger partial charge in [-0.05, 0) is 64.2 Å². The fraction of sp³-hybridized carbons (Fsp3) is 0.600. The van der Waals surface area contributed by atoms with Crippen LogP contribution in [0.15, 0.2) is 12.1 Å². The molecule has 0 spiro atoms. The molecule has 7 heteroatoms. The van der Waals surface area contributed by atoms with Crippen LogP contribution in [0.1, 0.15) is 76.5 Å². The maximum Gasteiger partial charge on any atom is 0.408 e. The lowest BCUT2D eigenvalue weighted by Crippen LogP contribution is -2.36. The maximum absolute atomic E-state index is 15.2. The van der Waals surface area contributed by atoms with Crippen LogP contribution in [-0.2, 0) is 14.3 Å². The van der Waals surface area contributed by atoms with Crippen molar-refractivity contribution in [2.75, 3.05) is 6.61 Å². The first kappa shape index (κ1) is 21.5. The second kappa shape index (κ2) is 8.91. The molecule has 1 saturated carbocycles. The van der Waals surface area contributed by atoms with Crippen LogP contribution < -0.4 is 5.32 Å². The van der Waals surface area contributed by atoms with Gasteiger partial charge in [-0.1, -0.05) is 18.0 Å². The van der Waals surface area contributed by atoms with E-state index in [2.05, 4.69) is 5.32 Å². The Kier molecular flexibility index (Phi) is 7.09. The van der Waals surface area contributed by atoms with E-state index in [4.69, 9.17) is 21.1 Å². The number of hydrogen-bond acceptors (Lipinski definition) is 4. The summed E-state index contributed by atoms with van der Waals surface area (Å²) in [6, 6.07) is 2.14. The molecule has 0 aromatic heterocycles. The molecule has 0 bridgehead atoms. The largest absolute Gasteiger partial charge is 0.466 e. The number of hydrogen-bond donors (Lipinski definition) is 1. The number of carbonyl (C=O) groups excluding carboxylic acids is 2. The van der Waals surface area contributed by atoms with Crippen molar-refractivity contribution >= 4 is 23.7 Å². The molecule has 1 aliphatic carbocycles. The molecule has 0 aliphatic heterocycles. The molecule has 1 aromatic rings. The van der Waals surface area contributed by atoms with Crippen molar-refractivity contribution in [3.05, 3.63) is 34.1 Å². The van der Waals surface area contributed by atoms with Crippen molar-refractivity contribution < 1.29 is 23.5 Å². The van der Waals surface area contributed by atoms with Crippen molar-refractivity contribution in [3.8, 4) is 0 Å². The highest BCUT2D eigenvalue weighted by atomic mass is 35.5. The van der Waals surface area contributed by atoms with E-state index in [9.17, 15) is 9.59 Å². The molecule has 1 N–H and O–H groups in total. The molecule has 1 amide bonds. The van der Waals surface area contributed by atoms with Gasteiger partial charge in [0.1, 0.15) is 11.4 Å². The standard InChI is InChI=1S/C20H27ClFNO4/c1-5-26-17(24)11-16(23-19(25)27-20(2,3)4)15-10-13(21)9-14(18(15)22)12-7-6-8-12/h9-10,12,16H,5-8,11H2,1-4H3,(H,23,25)/t16-/m0/s1. The molecule has 27 heavy (non-hydrogen) atoms. The van der Waals surface area contributed by atoms with Crippen molar-refractivity contribution in [2.24, 2.45) is 0 Å².